The summed E-state index contributed by atoms with van der Waals surface area (Å²) in [6.45, 7) is 4.58. The van der Waals surface area contributed by atoms with E-state index in [4.69, 9.17) is 4.42 Å². The van der Waals surface area contributed by atoms with Crippen LogP contribution in [0.25, 0.3) is 11.4 Å². The summed E-state index contributed by atoms with van der Waals surface area (Å²) >= 11 is 3.25. The molecule has 0 saturated carbocycles. The zero-order chi connectivity index (χ0) is 14.1. The first-order chi connectivity index (χ1) is 9.64. The van der Waals surface area contributed by atoms with Crippen LogP contribution in [0.4, 0.5) is 6.01 Å². The van der Waals surface area contributed by atoms with Crippen LogP contribution >= 0.6 is 15.9 Å². The first-order valence-electron chi connectivity index (χ1n) is 6.60. The molecule has 0 bridgehead atoms. The molecule has 0 aromatic carbocycles. The third-order valence-electron chi connectivity index (χ3n) is 3.37. The van der Waals surface area contributed by atoms with Crippen molar-refractivity contribution < 1.29 is 9.52 Å². The Morgan fingerprint density at radius 1 is 1.50 bits per heavy atom. The summed E-state index contributed by atoms with van der Waals surface area (Å²) in [7, 11) is 0. The Bertz CT molecular complexity index is 605. The van der Waals surface area contributed by atoms with Gasteiger partial charge >= 0.3 is 0 Å². The van der Waals surface area contributed by atoms with E-state index in [0.717, 1.165) is 19.6 Å². The quantitative estimate of drug-likeness (QED) is 0.868. The van der Waals surface area contributed by atoms with E-state index in [0.29, 0.717) is 28.4 Å². The second-order valence-corrected chi connectivity index (χ2v) is 5.74. The number of aliphatic hydroxyl groups is 1. The molecular formula is C12H16BrN5O2. The number of anilines is 1. The van der Waals surface area contributed by atoms with Crippen LogP contribution in [-0.2, 0) is 0 Å². The van der Waals surface area contributed by atoms with Crippen molar-refractivity contribution in [3.8, 4) is 0 Å². The highest BCUT2D eigenvalue weighted by molar-refractivity contribution is 9.10. The Kier molecular flexibility index (Phi) is 3.86. The zero-order valence-electron chi connectivity index (χ0n) is 11.1. The fraction of sp³-hybridized carbons (Fsp3) is 0.583. The van der Waals surface area contributed by atoms with Crippen molar-refractivity contribution in [3.63, 3.8) is 0 Å². The van der Waals surface area contributed by atoms with Gasteiger partial charge in [0.25, 0.3) is 11.7 Å². The number of likely N-dealkylation sites (tertiary alicyclic amines) is 1. The molecule has 2 aromatic rings. The van der Waals surface area contributed by atoms with E-state index in [1.165, 1.54) is 0 Å². The van der Waals surface area contributed by atoms with E-state index < -0.39 is 0 Å². The van der Waals surface area contributed by atoms with E-state index in [9.17, 15) is 5.11 Å². The van der Waals surface area contributed by atoms with Gasteiger partial charge in [0.2, 0.25) is 5.65 Å². The normalized spacial score (nSPS) is 24.1. The first-order valence-corrected chi connectivity index (χ1v) is 7.39. The van der Waals surface area contributed by atoms with Crippen LogP contribution in [0.3, 0.4) is 0 Å². The molecule has 1 fully saturated rings. The number of hydrogen-bond donors (Lipinski definition) is 2. The van der Waals surface area contributed by atoms with Crippen molar-refractivity contribution in [1.29, 1.82) is 0 Å². The molecule has 2 N–H and O–H groups in total. The number of rotatable bonds is 3. The average Bonchev–Trinajstić information content (AvgIpc) is 2.79. The number of nitrogens with zero attached hydrogens (tertiary/aromatic N) is 4. The van der Waals surface area contributed by atoms with E-state index in [-0.39, 0.29) is 12.1 Å². The molecule has 7 nitrogen and oxygen atoms in total. The van der Waals surface area contributed by atoms with Crippen LogP contribution in [-0.4, -0.2) is 56.7 Å². The highest BCUT2D eigenvalue weighted by Gasteiger charge is 2.26. The van der Waals surface area contributed by atoms with Gasteiger partial charge in [-0.2, -0.15) is 4.98 Å². The molecule has 0 unspecified atom stereocenters. The van der Waals surface area contributed by atoms with Crippen LogP contribution in [0.5, 0.6) is 0 Å². The Morgan fingerprint density at radius 2 is 2.35 bits per heavy atom. The molecule has 3 rings (SSSR count). The second kappa shape index (κ2) is 5.63. The Hall–Kier alpha value is -1.25. The summed E-state index contributed by atoms with van der Waals surface area (Å²) in [5.41, 5.74) is 0.866. The van der Waals surface area contributed by atoms with Gasteiger partial charge < -0.3 is 14.8 Å². The lowest BCUT2D eigenvalue weighted by atomic mass is 10.0. The zero-order valence-corrected chi connectivity index (χ0v) is 12.7. The van der Waals surface area contributed by atoms with Gasteiger partial charge in [-0.05, 0) is 28.9 Å². The van der Waals surface area contributed by atoms with Crippen molar-refractivity contribution in [2.45, 2.75) is 25.5 Å². The molecule has 0 amide bonds. The van der Waals surface area contributed by atoms with Gasteiger partial charge in [-0.25, -0.2) is 9.97 Å². The van der Waals surface area contributed by atoms with Crippen LogP contribution in [0.1, 0.15) is 13.3 Å². The molecule has 1 saturated heterocycles. The van der Waals surface area contributed by atoms with Crippen molar-refractivity contribution in [1.82, 2.24) is 19.9 Å². The second-order valence-electron chi connectivity index (χ2n) is 4.92. The van der Waals surface area contributed by atoms with Gasteiger partial charge in [-0.15, -0.1) is 0 Å². The number of nitrogens with one attached hydrogen (secondary N) is 1. The minimum atomic E-state index is -0.323. The van der Waals surface area contributed by atoms with Gasteiger partial charge in [0.1, 0.15) is 4.60 Å². The Morgan fingerprint density at radius 3 is 3.15 bits per heavy atom. The predicted molar refractivity (Wildman–Crippen MR) is 77.4 cm³/mol. The largest absolute Gasteiger partial charge is 0.403 e. The first kappa shape index (κ1) is 13.7. The standard InChI is InChI=1S/C12H16BrN5O2/c1-2-18-5-7(3-8(19)6-18)15-12-17-10-11(20-12)14-4-9(13)16-10/h4,7-8,19H,2-3,5-6H2,1H3,(H,15,16,17)/t7-,8+/m1/s1. The van der Waals surface area contributed by atoms with Crippen LogP contribution < -0.4 is 5.32 Å². The van der Waals surface area contributed by atoms with E-state index in [2.05, 4.69) is 48.0 Å². The lowest BCUT2D eigenvalue weighted by molar-refractivity contribution is 0.0667. The third-order valence-corrected chi connectivity index (χ3v) is 3.75. The summed E-state index contributed by atoms with van der Waals surface area (Å²) in [4.78, 5) is 14.7. The Balaban J connectivity index is 1.75. The van der Waals surface area contributed by atoms with Crippen molar-refractivity contribution >= 4 is 33.3 Å². The number of aliphatic hydroxyl groups excluding tert-OH is 1. The molecule has 108 valence electrons. The minimum absolute atomic E-state index is 0.107. The molecular weight excluding hydrogens is 326 g/mol. The SMILES string of the molecule is CCN1C[C@@H](O)C[C@@H](Nc2nc3nc(Br)cnc3o2)C1. The number of fused-ring (bicyclic) bond motifs is 1. The summed E-state index contributed by atoms with van der Waals surface area (Å²) < 4.78 is 6.13. The number of likely N-dealkylation sites (N-methyl/N-ethyl adjacent to an activating group) is 1. The maximum atomic E-state index is 9.87. The van der Waals surface area contributed by atoms with Crippen LogP contribution in [0.15, 0.2) is 15.2 Å². The average molecular weight is 342 g/mol. The number of oxazole rings is 1. The molecule has 20 heavy (non-hydrogen) atoms. The maximum Gasteiger partial charge on any atom is 0.298 e. The van der Waals surface area contributed by atoms with Gasteiger partial charge in [-0.3, -0.25) is 4.90 Å². The Labute approximate surface area is 124 Å². The van der Waals surface area contributed by atoms with Crippen molar-refractivity contribution in [2.24, 2.45) is 0 Å². The number of halogens is 1. The summed E-state index contributed by atoms with van der Waals surface area (Å²) in [6.07, 6.45) is 1.93. The molecule has 0 aliphatic carbocycles. The van der Waals surface area contributed by atoms with E-state index in [1.807, 2.05) is 0 Å². The lowest BCUT2D eigenvalue weighted by Gasteiger charge is -2.34. The summed E-state index contributed by atoms with van der Waals surface area (Å²) in [5.74, 6) is 0. The fourth-order valence-electron chi connectivity index (χ4n) is 2.46. The molecule has 1 aliphatic rings. The van der Waals surface area contributed by atoms with Gasteiger partial charge in [0, 0.05) is 19.1 Å². The highest BCUT2D eigenvalue weighted by Crippen LogP contribution is 2.20. The molecule has 0 radical (unpaired) electrons. The predicted octanol–water partition coefficient (Wildman–Crippen LogP) is 1.25. The molecule has 1 aliphatic heterocycles. The maximum absolute atomic E-state index is 9.87. The topological polar surface area (TPSA) is 87.3 Å². The number of hydrogen-bond acceptors (Lipinski definition) is 7. The summed E-state index contributed by atoms with van der Waals surface area (Å²) in [6, 6.07) is 0.503. The number of aromatic nitrogens is 3. The van der Waals surface area contributed by atoms with Gasteiger partial charge in [-0.1, -0.05) is 6.92 Å². The van der Waals surface area contributed by atoms with Crippen LogP contribution in [0, 0.1) is 0 Å². The number of β-amino-alcohol motifs (C(OH)–C–C–N with tert-alkyl or cyclic N) is 1. The van der Waals surface area contributed by atoms with E-state index in [1.54, 1.807) is 6.20 Å². The fourth-order valence-corrected chi connectivity index (χ4v) is 2.73. The monoisotopic (exact) mass is 341 g/mol. The molecule has 2 aromatic heterocycles. The van der Waals surface area contributed by atoms with Crippen molar-refractivity contribution in [3.05, 3.63) is 10.8 Å². The molecule has 8 heteroatoms. The lowest BCUT2D eigenvalue weighted by Crippen LogP contribution is -2.48. The highest BCUT2D eigenvalue weighted by atomic mass is 79.9. The van der Waals surface area contributed by atoms with Crippen molar-refractivity contribution in [2.75, 3.05) is 25.0 Å². The third kappa shape index (κ3) is 2.92. The summed E-state index contributed by atoms with van der Waals surface area (Å²) in [5, 5.41) is 13.1. The van der Waals surface area contributed by atoms with Gasteiger partial charge in [0.15, 0.2) is 0 Å². The molecule has 0 spiro atoms. The van der Waals surface area contributed by atoms with Gasteiger partial charge in [0.05, 0.1) is 12.3 Å². The van der Waals surface area contributed by atoms with E-state index >= 15 is 0 Å². The molecule has 3 heterocycles. The minimum Gasteiger partial charge on any atom is -0.403 e. The number of piperidine rings is 1. The smallest absolute Gasteiger partial charge is 0.298 e. The molecule has 2 atom stereocenters. The van der Waals surface area contributed by atoms with Crippen LogP contribution in [0.2, 0.25) is 0 Å².